The normalized spacial score (nSPS) is 14.3. The maximum atomic E-state index is 12.9. The van der Waals surface area contributed by atoms with Gasteiger partial charge < -0.3 is 5.32 Å². The average Bonchev–Trinajstić information content (AvgIpc) is 3.38. The summed E-state index contributed by atoms with van der Waals surface area (Å²) in [5.41, 5.74) is 2.50. The van der Waals surface area contributed by atoms with Crippen LogP contribution in [0.4, 0.5) is 0 Å². The van der Waals surface area contributed by atoms with Gasteiger partial charge in [0.05, 0.1) is 22.5 Å². The van der Waals surface area contributed by atoms with E-state index in [0.717, 1.165) is 14.8 Å². The van der Waals surface area contributed by atoms with Crippen molar-refractivity contribution in [2.45, 2.75) is 25.3 Å². The molecule has 0 aliphatic heterocycles. The van der Waals surface area contributed by atoms with Crippen molar-refractivity contribution in [1.29, 1.82) is 5.26 Å². The number of carbonyl (C=O) groups is 1. The lowest BCUT2D eigenvalue weighted by molar-refractivity contribution is 0.0935. The molecule has 1 amide bonds. The number of nitrogens with zero attached hydrogens (tertiary/aromatic N) is 3. The number of carbonyl (C=O) groups excluding carboxylic acids is 1. The molecule has 2 aromatic carbocycles. The Morgan fingerprint density at radius 3 is 2.52 bits per heavy atom. The van der Waals surface area contributed by atoms with E-state index in [2.05, 4.69) is 39.1 Å². The molecule has 5 nitrogen and oxygen atoms in total. The summed E-state index contributed by atoms with van der Waals surface area (Å²) in [6.07, 6.45) is 1.31. The Balaban J connectivity index is 1.87. The molecule has 4 rings (SSSR count). The Kier molecular flexibility index (Phi) is 5.32. The zero-order chi connectivity index (χ0) is 20.8. The minimum atomic E-state index is -0.770. The van der Waals surface area contributed by atoms with Crippen molar-refractivity contribution in [2.24, 2.45) is 0 Å². The predicted molar refractivity (Wildman–Crippen MR) is 122 cm³/mol. The molecule has 1 N–H and O–H groups in total. The Hall–Kier alpha value is -2.08. The molecule has 0 spiro atoms. The third kappa shape index (κ3) is 3.87. The maximum absolute atomic E-state index is 12.9. The second kappa shape index (κ2) is 7.63. The lowest BCUT2D eigenvalue weighted by atomic mass is 10.1. The number of aromatic nitrogens is 2. The van der Waals surface area contributed by atoms with Gasteiger partial charge in [0.15, 0.2) is 5.69 Å². The van der Waals surface area contributed by atoms with Gasteiger partial charge in [0.25, 0.3) is 5.91 Å². The van der Waals surface area contributed by atoms with Gasteiger partial charge >= 0.3 is 0 Å². The molecule has 146 valence electrons. The summed E-state index contributed by atoms with van der Waals surface area (Å²) in [5, 5.41) is 17.6. The molecule has 1 fully saturated rings. The summed E-state index contributed by atoms with van der Waals surface area (Å²) in [4.78, 5) is 12.9. The van der Waals surface area contributed by atoms with Crippen LogP contribution in [0.2, 0.25) is 10.0 Å². The fourth-order valence-electron chi connectivity index (χ4n) is 3.15. The van der Waals surface area contributed by atoms with E-state index in [-0.39, 0.29) is 11.6 Å². The standard InChI is InChI=1S/C21H15Cl2IN4O/c1-12-18(20(29)26-21(11-25)8-9-21)27-28(17-7-4-14(22)10-16(17)23)19(12)13-2-5-15(24)6-3-13/h2-7,10H,8-9H2,1H3,(H,26,29). The Morgan fingerprint density at radius 1 is 1.24 bits per heavy atom. The number of benzene rings is 2. The number of hydrogen-bond donors (Lipinski definition) is 1. The van der Waals surface area contributed by atoms with Gasteiger partial charge in [-0.05, 0) is 72.7 Å². The summed E-state index contributed by atoms with van der Waals surface area (Å²) >= 11 is 14.7. The van der Waals surface area contributed by atoms with Crippen LogP contribution in [0.1, 0.15) is 28.9 Å². The number of halogens is 3. The van der Waals surface area contributed by atoms with Gasteiger partial charge in [-0.25, -0.2) is 4.68 Å². The molecule has 1 heterocycles. The van der Waals surface area contributed by atoms with Gasteiger partial charge in [0.1, 0.15) is 5.54 Å². The second-order valence-corrected chi connectivity index (χ2v) is 9.07. The molecular formula is C21H15Cl2IN4O. The molecule has 0 atom stereocenters. The topological polar surface area (TPSA) is 70.7 Å². The number of hydrogen-bond acceptors (Lipinski definition) is 3. The third-order valence-corrected chi connectivity index (χ3v) is 6.17. The monoisotopic (exact) mass is 536 g/mol. The minimum absolute atomic E-state index is 0.270. The van der Waals surface area contributed by atoms with E-state index in [1.807, 2.05) is 31.2 Å². The van der Waals surface area contributed by atoms with Crippen LogP contribution in [0.25, 0.3) is 16.9 Å². The van der Waals surface area contributed by atoms with Crippen molar-refractivity contribution in [3.63, 3.8) is 0 Å². The van der Waals surface area contributed by atoms with Crippen molar-refractivity contribution in [3.8, 4) is 23.0 Å². The van der Waals surface area contributed by atoms with Crippen LogP contribution in [0.3, 0.4) is 0 Å². The zero-order valence-corrected chi connectivity index (χ0v) is 19.0. The quantitative estimate of drug-likeness (QED) is 0.445. The van der Waals surface area contributed by atoms with E-state index < -0.39 is 5.54 Å². The Labute approximate surface area is 191 Å². The van der Waals surface area contributed by atoms with E-state index in [0.29, 0.717) is 34.1 Å². The van der Waals surface area contributed by atoms with Gasteiger partial charge in [-0.1, -0.05) is 35.3 Å². The molecule has 0 radical (unpaired) electrons. The molecule has 1 aromatic heterocycles. The van der Waals surface area contributed by atoms with Gasteiger partial charge in [-0.2, -0.15) is 10.4 Å². The average molecular weight is 537 g/mol. The first-order valence-electron chi connectivity index (χ1n) is 8.88. The van der Waals surface area contributed by atoms with Crippen LogP contribution in [0.15, 0.2) is 42.5 Å². The van der Waals surface area contributed by atoms with E-state index in [9.17, 15) is 10.1 Å². The molecule has 0 bridgehead atoms. The summed E-state index contributed by atoms with van der Waals surface area (Å²) in [6.45, 7) is 1.85. The summed E-state index contributed by atoms with van der Waals surface area (Å²) in [7, 11) is 0. The molecule has 1 aliphatic carbocycles. The van der Waals surface area contributed by atoms with Gasteiger partial charge in [-0.3, -0.25) is 4.79 Å². The highest BCUT2D eigenvalue weighted by atomic mass is 127. The van der Waals surface area contributed by atoms with Crippen molar-refractivity contribution in [2.75, 3.05) is 0 Å². The lowest BCUT2D eigenvalue weighted by Gasteiger charge is -2.11. The van der Waals surface area contributed by atoms with E-state index >= 15 is 0 Å². The van der Waals surface area contributed by atoms with Gasteiger partial charge in [0, 0.05) is 19.7 Å². The molecule has 3 aromatic rings. The Morgan fingerprint density at radius 2 is 1.93 bits per heavy atom. The maximum Gasteiger partial charge on any atom is 0.273 e. The second-order valence-electron chi connectivity index (χ2n) is 6.98. The van der Waals surface area contributed by atoms with Crippen molar-refractivity contribution < 1.29 is 4.79 Å². The summed E-state index contributed by atoms with van der Waals surface area (Å²) < 4.78 is 2.76. The lowest BCUT2D eigenvalue weighted by Crippen LogP contribution is -2.36. The summed E-state index contributed by atoms with van der Waals surface area (Å²) in [5.74, 6) is -0.364. The molecule has 8 heteroatoms. The molecule has 0 saturated heterocycles. The van der Waals surface area contributed by atoms with Crippen molar-refractivity contribution in [3.05, 3.63) is 67.3 Å². The number of rotatable bonds is 4. The molecule has 0 unspecified atom stereocenters. The van der Waals surface area contributed by atoms with Crippen LogP contribution >= 0.6 is 45.8 Å². The van der Waals surface area contributed by atoms with Crippen LogP contribution in [0, 0.1) is 21.8 Å². The third-order valence-electron chi connectivity index (χ3n) is 4.91. The molecule has 1 saturated carbocycles. The van der Waals surface area contributed by atoms with Crippen LogP contribution in [-0.2, 0) is 0 Å². The van der Waals surface area contributed by atoms with Crippen molar-refractivity contribution >= 4 is 51.7 Å². The molecule has 1 aliphatic rings. The summed E-state index contributed by atoms with van der Waals surface area (Å²) in [6, 6.07) is 15.3. The number of amides is 1. The van der Waals surface area contributed by atoms with E-state index in [1.165, 1.54) is 0 Å². The van der Waals surface area contributed by atoms with Crippen LogP contribution < -0.4 is 5.32 Å². The molecule has 29 heavy (non-hydrogen) atoms. The van der Waals surface area contributed by atoms with Gasteiger partial charge in [0.2, 0.25) is 0 Å². The number of nitriles is 1. The fourth-order valence-corrected chi connectivity index (χ4v) is 4.00. The SMILES string of the molecule is Cc1c(C(=O)NC2(C#N)CC2)nn(-c2ccc(Cl)cc2Cl)c1-c1ccc(I)cc1. The highest BCUT2D eigenvalue weighted by Gasteiger charge is 2.45. The first kappa shape index (κ1) is 20.2. The minimum Gasteiger partial charge on any atom is -0.332 e. The zero-order valence-electron chi connectivity index (χ0n) is 15.3. The first-order chi connectivity index (χ1) is 13.8. The van der Waals surface area contributed by atoms with Crippen LogP contribution in [0.5, 0.6) is 0 Å². The largest absolute Gasteiger partial charge is 0.332 e. The highest BCUT2D eigenvalue weighted by Crippen LogP contribution is 2.36. The van der Waals surface area contributed by atoms with E-state index in [1.54, 1.807) is 22.9 Å². The molecular weight excluding hydrogens is 522 g/mol. The smallest absolute Gasteiger partial charge is 0.273 e. The number of nitrogens with one attached hydrogen (secondary N) is 1. The van der Waals surface area contributed by atoms with Crippen molar-refractivity contribution in [1.82, 2.24) is 15.1 Å². The van der Waals surface area contributed by atoms with Crippen LogP contribution in [-0.4, -0.2) is 21.2 Å². The Bertz CT molecular complexity index is 1160. The van der Waals surface area contributed by atoms with E-state index in [4.69, 9.17) is 23.2 Å². The predicted octanol–water partition coefficient (Wildman–Crippen LogP) is 5.55. The van der Waals surface area contributed by atoms with Gasteiger partial charge in [-0.15, -0.1) is 0 Å². The highest BCUT2D eigenvalue weighted by molar-refractivity contribution is 14.1. The first-order valence-corrected chi connectivity index (χ1v) is 10.7. The fraction of sp³-hybridized carbons (Fsp3) is 0.190.